The summed E-state index contributed by atoms with van der Waals surface area (Å²) in [5.41, 5.74) is 4.10. The Morgan fingerprint density at radius 1 is 1.16 bits per heavy atom. The van der Waals surface area contributed by atoms with Gasteiger partial charge in [0.1, 0.15) is 18.1 Å². The summed E-state index contributed by atoms with van der Waals surface area (Å²) < 4.78 is 7.58. The molecular weight excluding hydrogens is 318 g/mol. The van der Waals surface area contributed by atoms with Crippen molar-refractivity contribution >= 4 is 18.0 Å². The number of hydrogen-bond donors (Lipinski definition) is 2. The molecule has 1 aliphatic heterocycles. The SMILES string of the molecule is C=CCOc1ccc(-n2c(C)cc(/C=C3\NC(=O)NC3=O)c2C)cc1. The molecule has 0 atom stereocenters. The van der Waals surface area contributed by atoms with Gasteiger partial charge in [-0.25, -0.2) is 4.79 Å². The maximum atomic E-state index is 11.7. The van der Waals surface area contributed by atoms with E-state index >= 15 is 0 Å². The molecule has 128 valence electrons. The summed E-state index contributed by atoms with van der Waals surface area (Å²) in [6.45, 7) is 8.05. The van der Waals surface area contributed by atoms with Crippen LogP contribution in [0.3, 0.4) is 0 Å². The summed E-state index contributed by atoms with van der Waals surface area (Å²) in [5.74, 6) is 0.359. The summed E-state index contributed by atoms with van der Waals surface area (Å²) in [4.78, 5) is 22.9. The van der Waals surface area contributed by atoms with Crippen molar-refractivity contribution in [2.45, 2.75) is 13.8 Å². The van der Waals surface area contributed by atoms with Crippen LogP contribution in [-0.4, -0.2) is 23.1 Å². The summed E-state index contributed by atoms with van der Waals surface area (Å²) >= 11 is 0. The molecule has 1 saturated heterocycles. The molecule has 0 radical (unpaired) electrons. The first kappa shape index (κ1) is 16.6. The summed E-state index contributed by atoms with van der Waals surface area (Å²) in [6, 6.07) is 9.22. The normalized spacial score (nSPS) is 15.2. The monoisotopic (exact) mass is 337 g/mol. The Kier molecular flexibility index (Phi) is 4.43. The van der Waals surface area contributed by atoms with Crippen LogP contribution in [0.1, 0.15) is 17.0 Å². The van der Waals surface area contributed by atoms with Crippen molar-refractivity contribution in [2.75, 3.05) is 6.61 Å². The molecule has 1 aromatic carbocycles. The maximum Gasteiger partial charge on any atom is 0.326 e. The molecule has 0 aliphatic carbocycles. The average molecular weight is 337 g/mol. The molecule has 1 aliphatic rings. The zero-order valence-corrected chi connectivity index (χ0v) is 14.1. The number of carbonyl (C=O) groups excluding carboxylic acids is 2. The fourth-order valence-corrected chi connectivity index (χ4v) is 2.82. The predicted molar refractivity (Wildman–Crippen MR) is 95.6 cm³/mol. The van der Waals surface area contributed by atoms with E-state index in [1.54, 1.807) is 12.2 Å². The van der Waals surface area contributed by atoms with Gasteiger partial charge in [-0.3, -0.25) is 10.1 Å². The first-order valence-corrected chi connectivity index (χ1v) is 7.86. The summed E-state index contributed by atoms with van der Waals surface area (Å²) in [7, 11) is 0. The molecule has 1 aromatic heterocycles. The number of nitrogens with zero attached hydrogens (tertiary/aromatic N) is 1. The summed E-state index contributed by atoms with van der Waals surface area (Å²) in [6.07, 6.45) is 3.38. The zero-order valence-electron chi connectivity index (χ0n) is 14.1. The third kappa shape index (κ3) is 3.33. The number of urea groups is 1. The minimum absolute atomic E-state index is 0.249. The molecule has 3 amide bonds. The van der Waals surface area contributed by atoms with Crippen molar-refractivity contribution in [3.63, 3.8) is 0 Å². The fraction of sp³-hybridized carbons (Fsp3) is 0.158. The number of ether oxygens (including phenoxy) is 1. The number of rotatable bonds is 5. The first-order valence-electron chi connectivity index (χ1n) is 7.86. The van der Waals surface area contributed by atoms with E-state index in [-0.39, 0.29) is 5.70 Å². The molecule has 2 aromatic rings. The van der Waals surface area contributed by atoms with Crippen LogP contribution >= 0.6 is 0 Å². The lowest BCUT2D eigenvalue weighted by molar-refractivity contribution is -0.115. The zero-order chi connectivity index (χ0) is 18.0. The van der Waals surface area contributed by atoms with Crippen LogP contribution in [0.2, 0.25) is 0 Å². The number of hydrogen-bond acceptors (Lipinski definition) is 3. The number of benzene rings is 1. The number of aryl methyl sites for hydroxylation is 1. The molecule has 0 spiro atoms. The minimum atomic E-state index is -0.500. The van der Waals surface area contributed by atoms with Crippen LogP contribution in [0.4, 0.5) is 4.79 Å². The van der Waals surface area contributed by atoms with E-state index in [9.17, 15) is 9.59 Å². The summed E-state index contributed by atoms with van der Waals surface area (Å²) in [5, 5.41) is 4.70. The quantitative estimate of drug-likeness (QED) is 0.501. The number of carbonyl (C=O) groups is 2. The van der Waals surface area contributed by atoms with Crippen molar-refractivity contribution in [2.24, 2.45) is 0 Å². The van der Waals surface area contributed by atoms with Gasteiger partial charge in [0.2, 0.25) is 0 Å². The Morgan fingerprint density at radius 2 is 1.88 bits per heavy atom. The Labute approximate surface area is 145 Å². The first-order chi connectivity index (χ1) is 12.0. The Bertz CT molecular complexity index is 876. The minimum Gasteiger partial charge on any atom is -0.490 e. The van der Waals surface area contributed by atoms with Gasteiger partial charge in [0.05, 0.1) is 0 Å². The smallest absolute Gasteiger partial charge is 0.326 e. The van der Waals surface area contributed by atoms with Gasteiger partial charge in [0, 0.05) is 17.1 Å². The molecule has 0 unspecified atom stereocenters. The largest absolute Gasteiger partial charge is 0.490 e. The highest BCUT2D eigenvalue weighted by Crippen LogP contribution is 2.24. The lowest BCUT2D eigenvalue weighted by Crippen LogP contribution is -2.22. The second kappa shape index (κ2) is 6.68. The highest BCUT2D eigenvalue weighted by molar-refractivity contribution is 6.14. The van der Waals surface area contributed by atoms with Crippen LogP contribution < -0.4 is 15.4 Å². The highest BCUT2D eigenvalue weighted by atomic mass is 16.5. The van der Waals surface area contributed by atoms with Crippen LogP contribution in [0, 0.1) is 13.8 Å². The second-order valence-electron chi connectivity index (χ2n) is 5.72. The van der Waals surface area contributed by atoms with E-state index < -0.39 is 11.9 Å². The molecule has 0 bridgehead atoms. The van der Waals surface area contributed by atoms with Gasteiger partial charge >= 0.3 is 6.03 Å². The Morgan fingerprint density at radius 3 is 2.48 bits per heavy atom. The Balaban J connectivity index is 1.92. The molecule has 0 saturated carbocycles. The molecule has 6 heteroatoms. The van der Waals surface area contributed by atoms with Gasteiger partial charge < -0.3 is 14.6 Å². The van der Waals surface area contributed by atoms with Crippen molar-refractivity contribution in [1.29, 1.82) is 0 Å². The highest BCUT2D eigenvalue weighted by Gasteiger charge is 2.23. The van der Waals surface area contributed by atoms with E-state index in [0.717, 1.165) is 28.4 Å². The molecule has 2 N–H and O–H groups in total. The van der Waals surface area contributed by atoms with E-state index in [1.807, 2.05) is 44.2 Å². The molecule has 2 heterocycles. The number of imide groups is 1. The van der Waals surface area contributed by atoms with Gasteiger partial charge in [-0.05, 0) is 55.8 Å². The Hall–Kier alpha value is -3.28. The van der Waals surface area contributed by atoms with Gasteiger partial charge in [-0.1, -0.05) is 12.7 Å². The molecule has 1 fully saturated rings. The number of nitrogens with one attached hydrogen (secondary N) is 2. The lowest BCUT2D eigenvalue weighted by atomic mass is 10.2. The van der Waals surface area contributed by atoms with Crippen molar-refractivity contribution < 1.29 is 14.3 Å². The van der Waals surface area contributed by atoms with Gasteiger partial charge in [0.25, 0.3) is 5.91 Å². The van der Waals surface area contributed by atoms with E-state index in [2.05, 4.69) is 21.8 Å². The standard InChI is InChI=1S/C19H19N3O3/c1-4-9-25-16-7-5-15(6-8-16)22-12(2)10-14(13(22)3)11-17-18(23)21-19(24)20-17/h4-8,10-11H,1,9H2,2-3H3,(H2,20,21,23,24)/b17-11-. The van der Waals surface area contributed by atoms with Crippen LogP contribution in [-0.2, 0) is 4.79 Å². The number of amides is 3. The van der Waals surface area contributed by atoms with Crippen LogP contribution in [0.25, 0.3) is 11.8 Å². The number of aromatic nitrogens is 1. The predicted octanol–water partition coefficient (Wildman–Crippen LogP) is 2.84. The fourth-order valence-electron chi connectivity index (χ4n) is 2.82. The van der Waals surface area contributed by atoms with Gasteiger partial charge in [-0.15, -0.1) is 0 Å². The second-order valence-corrected chi connectivity index (χ2v) is 5.72. The maximum absolute atomic E-state index is 11.7. The van der Waals surface area contributed by atoms with E-state index in [4.69, 9.17) is 4.74 Å². The van der Waals surface area contributed by atoms with Crippen molar-refractivity contribution in [1.82, 2.24) is 15.2 Å². The molecule has 6 nitrogen and oxygen atoms in total. The molecular formula is C19H19N3O3. The third-order valence-corrected chi connectivity index (χ3v) is 3.95. The van der Waals surface area contributed by atoms with Crippen LogP contribution in [0.5, 0.6) is 5.75 Å². The van der Waals surface area contributed by atoms with Gasteiger partial charge in [0.15, 0.2) is 0 Å². The molecule has 25 heavy (non-hydrogen) atoms. The van der Waals surface area contributed by atoms with Crippen LogP contribution in [0.15, 0.2) is 48.7 Å². The van der Waals surface area contributed by atoms with Crippen molar-refractivity contribution in [3.05, 3.63) is 65.6 Å². The van der Waals surface area contributed by atoms with Crippen molar-refractivity contribution in [3.8, 4) is 11.4 Å². The third-order valence-electron chi connectivity index (χ3n) is 3.95. The van der Waals surface area contributed by atoms with E-state index in [1.165, 1.54) is 0 Å². The van der Waals surface area contributed by atoms with Gasteiger partial charge in [-0.2, -0.15) is 0 Å². The average Bonchev–Trinajstić information content (AvgIpc) is 3.04. The molecule has 3 rings (SSSR count). The van der Waals surface area contributed by atoms with E-state index in [0.29, 0.717) is 6.61 Å². The topological polar surface area (TPSA) is 72.4 Å². The lowest BCUT2D eigenvalue weighted by Gasteiger charge is -2.11.